The lowest BCUT2D eigenvalue weighted by Crippen LogP contribution is -2.50. The summed E-state index contributed by atoms with van der Waals surface area (Å²) in [6.45, 7) is 5.73. The Bertz CT molecular complexity index is 1550. The molecule has 2 amide bonds. The first-order valence-corrected chi connectivity index (χ1v) is 13.9. The maximum absolute atomic E-state index is 14.3. The van der Waals surface area contributed by atoms with E-state index in [1.165, 1.54) is 30.9 Å². The molecule has 1 atom stereocenters. The SMILES string of the molecule is CCC(C)(C)NC(=O)[C@@H](c1cc(OC)c(OC)c(OC)c1)N(Cc1ccccc1Cl)C(=O)Cn1nnc2ccccc21. The standard InChI is InChI=1S/C31H36ClN5O5/c1-7-31(2,3)33-30(39)28(21-16-25(40-4)29(42-6)26(17-21)41-5)36(18-20-12-8-9-13-22(20)32)27(38)19-37-24-15-11-10-14-23(24)34-35-37/h8-17,28H,7,18-19H2,1-6H3,(H,33,39)/t28-/m1/s1. The Balaban J connectivity index is 1.89. The lowest BCUT2D eigenvalue weighted by molar-refractivity contribution is -0.143. The minimum absolute atomic E-state index is 0.0481. The summed E-state index contributed by atoms with van der Waals surface area (Å²) in [5.41, 5.74) is 1.96. The highest BCUT2D eigenvalue weighted by atomic mass is 35.5. The summed E-state index contributed by atoms with van der Waals surface area (Å²) in [4.78, 5) is 30.0. The summed E-state index contributed by atoms with van der Waals surface area (Å²) in [5, 5.41) is 12.0. The van der Waals surface area contributed by atoms with Crippen LogP contribution in [-0.4, -0.2) is 58.6 Å². The van der Waals surface area contributed by atoms with Crippen LogP contribution < -0.4 is 19.5 Å². The number of ether oxygens (including phenoxy) is 3. The molecule has 0 aliphatic carbocycles. The van der Waals surface area contributed by atoms with Crippen LogP contribution in [-0.2, 0) is 22.7 Å². The zero-order chi connectivity index (χ0) is 30.4. The maximum Gasteiger partial charge on any atom is 0.247 e. The number of rotatable bonds is 12. The van der Waals surface area contributed by atoms with Gasteiger partial charge >= 0.3 is 0 Å². The monoisotopic (exact) mass is 593 g/mol. The van der Waals surface area contributed by atoms with Gasteiger partial charge < -0.3 is 24.4 Å². The van der Waals surface area contributed by atoms with Crippen molar-refractivity contribution >= 4 is 34.4 Å². The second-order valence-corrected chi connectivity index (χ2v) is 10.8. The molecule has 1 aromatic heterocycles. The molecule has 0 radical (unpaired) electrons. The number of para-hydroxylation sites is 1. The Morgan fingerprint density at radius 3 is 2.26 bits per heavy atom. The van der Waals surface area contributed by atoms with Crippen LogP contribution in [0.25, 0.3) is 11.0 Å². The molecule has 3 aromatic carbocycles. The zero-order valence-corrected chi connectivity index (χ0v) is 25.4. The van der Waals surface area contributed by atoms with Gasteiger partial charge in [0.2, 0.25) is 17.6 Å². The molecule has 0 saturated carbocycles. The number of methoxy groups -OCH3 is 3. The summed E-state index contributed by atoms with van der Waals surface area (Å²) in [6, 6.07) is 16.9. The number of fused-ring (bicyclic) bond motifs is 1. The number of aromatic nitrogens is 3. The smallest absolute Gasteiger partial charge is 0.247 e. The van der Waals surface area contributed by atoms with E-state index in [-0.39, 0.29) is 24.9 Å². The average molecular weight is 594 g/mol. The molecule has 0 fully saturated rings. The first-order valence-electron chi connectivity index (χ1n) is 13.6. The largest absolute Gasteiger partial charge is 0.493 e. The van der Waals surface area contributed by atoms with Gasteiger partial charge in [-0.1, -0.05) is 54.1 Å². The summed E-state index contributed by atoms with van der Waals surface area (Å²) in [6.07, 6.45) is 0.671. The van der Waals surface area contributed by atoms with Gasteiger partial charge in [-0.2, -0.15) is 0 Å². The number of carbonyl (C=O) groups is 2. The molecule has 4 rings (SSSR count). The van der Waals surface area contributed by atoms with Crippen LogP contribution in [0.15, 0.2) is 60.7 Å². The molecule has 10 nitrogen and oxygen atoms in total. The van der Waals surface area contributed by atoms with Crippen molar-refractivity contribution < 1.29 is 23.8 Å². The third-order valence-corrected chi connectivity index (χ3v) is 7.60. The first kappa shape index (κ1) is 30.6. The minimum Gasteiger partial charge on any atom is -0.493 e. The molecule has 0 bridgehead atoms. The molecule has 0 spiro atoms. The summed E-state index contributed by atoms with van der Waals surface area (Å²) < 4.78 is 18.2. The fraction of sp³-hybridized carbons (Fsp3) is 0.355. The number of hydrogen-bond donors (Lipinski definition) is 1. The van der Waals surface area contributed by atoms with Gasteiger partial charge in [-0.25, -0.2) is 4.68 Å². The van der Waals surface area contributed by atoms with Crippen molar-refractivity contribution in [1.29, 1.82) is 0 Å². The average Bonchev–Trinajstić information content (AvgIpc) is 3.39. The van der Waals surface area contributed by atoms with Crippen LogP contribution in [0.4, 0.5) is 0 Å². The normalized spacial score (nSPS) is 12.1. The van der Waals surface area contributed by atoms with E-state index in [0.29, 0.717) is 50.9 Å². The third-order valence-electron chi connectivity index (χ3n) is 7.23. The topological polar surface area (TPSA) is 108 Å². The van der Waals surface area contributed by atoms with E-state index in [1.54, 1.807) is 18.2 Å². The summed E-state index contributed by atoms with van der Waals surface area (Å²) >= 11 is 6.57. The lowest BCUT2D eigenvalue weighted by atomic mass is 9.97. The van der Waals surface area contributed by atoms with E-state index < -0.39 is 11.6 Å². The number of benzene rings is 3. The van der Waals surface area contributed by atoms with Gasteiger partial charge in [-0.05, 0) is 61.7 Å². The number of amides is 2. The van der Waals surface area contributed by atoms with Crippen molar-refractivity contribution in [2.75, 3.05) is 21.3 Å². The number of halogens is 1. The highest BCUT2D eigenvalue weighted by Crippen LogP contribution is 2.41. The van der Waals surface area contributed by atoms with Crippen molar-refractivity contribution in [2.45, 2.75) is 51.9 Å². The second-order valence-electron chi connectivity index (χ2n) is 10.4. The van der Waals surface area contributed by atoms with Gasteiger partial charge in [0.05, 0.1) is 26.8 Å². The van der Waals surface area contributed by atoms with Crippen LogP contribution in [0, 0.1) is 0 Å². The fourth-order valence-corrected chi connectivity index (χ4v) is 4.80. The van der Waals surface area contributed by atoms with E-state index >= 15 is 0 Å². The molecule has 0 unspecified atom stereocenters. The molecule has 222 valence electrons. The molecule has 11 heteroatoms. The molecule has 4 aromatic rings. The van der Waals surface area contributed by atoms with Crippen LogP contribution in [0.3, 0.4) is 0 Å². The van der Waals surface area contributed by atoms with Gasteiger partial charge in [0.15, 0.2) is 11.5 Å². The molecule has 1 N–H and O–H groups in total. The van der Waals surface area contributed by atoms with E-state index in [1.807, 2.05) is 63.2 Å². The highest BCUT2D eigenvalue weighted by Gasteiger charge is 2.36. The van der Waals surface area contributed by atoms with Crippen LogP contribution >= 0.6 is 11.6 Å². The second kappa shape index (κ2) is 13.1. The summed E-state index contributed by atoms with van der Waals surface area (Å²) in [5.74, 6) is 0.335. The molecule has 0 aliphatic rings. The van der Waals surface area contributed by atoms with Crippen molar-refractivity contribution in [3.63, 3.8) is 0 Å². The molecule has 0 aliphatic heterocycles. The predicted molar refractivity (Wildman–Crippen MR) is 161 cm³/mol. The van der Waals surface area contributed by atoms with Crippen LogP contribution in [0.2, 0.25) is 5.02 Å². The van der Waals surface area contributed by atoms with Crippen LogP contribution in [0.1, 0.15) is 44.4 Å². The number of nitrogens with zero attached hydrogens (tertiary/aromatic N) is 4. The highest BCUT2D eigenvalue weighted by molar-refractivity contribution is 6.31. The van der Waals surface area contributed by atoms with E-state index in [2.05, 4.69) is 15.6 Å². The molecule has 0 saturated heterocycles. The zero-order valence-electron chi connectivity index (χ0n) is 24.7. The molecular formula is C31H36ClN5O5. The van der Waals surface area contributed by atoms with Crippen molar-refractivity contribution in [3.8, 4) is 17.2 Å². The third kappa shape index (κ3) is 6.60. The Hall–Kier alpha value is -4.31. The van der Waals surface area contributed by atoms with E-state index in [4.69, 9.17) is 25.8 Å². The van der Waals surface area contributed by atoms with Gasteiger partial charge in [0.1, 0.15) is 18.1 Å². The van der Waals surface area contributed by atoms with Crippen LogP contribution in [0.5, 0.6) is 17.2 Å². The minimum atomic E-state index is -1.09. The number of hydrogen-bond acceptors (Lipinski definition) is 7. The fourth-order valence-electron chi connectivity index (χ4n) is 4.61. The Kier molecular flexibility index (Phi) is 9.57. The van der Waals surface area contributed by atoms with Crippen molar-refractivity contribution in [2.24, 2.45) is 0 Å². The van der Waals surface area contributed by atoms with E-state index in [9.17, 15) is 9.59 Å². The number of nitrogens with one attached hydrogen (secondary N) is 1. The molecular weight excluding hydrogens is 558 g/mol. The van der Waals surface area contributed by atoms with E-state index in [0.717, 1.165) is 0 Å². The Morgan fingerprint density at radius 1 is 1.00 bits per heavy atom. The van der Waals surface area contributed by atoms with Gasteiger partial charge in [0.25, 0.3) is 0 Å². The maximum atomic E-state index is 14.3. The Labute approximate surface area is 250 Å². The van der Waals surface area contributed by atoms with Crippen molar-refractivity contribution in [1.82, 2.24) is 25.2 Å². The Morgan fingerprint density at radius 2 is 1.64 bits per heavy atom. The predicted octanol–water partition coefficient (Wildman–Crippen LogP) is 5.19. The van der Waals surface area contributed by atoms with Gasteiger partial charge in [-0.3, -0.25) is 9.59 Å². The van der Waals surface area contributed by atoms with Gasteiger partial charge in [-0.15, -0.1) is 5.10 Å². The molecule has 42 heavy (non-hydrogen) atoms. The quantitative estimate of drug-likeness (QED) is 0.241. The lowest BCUT2D eigenvalue weighted by Gasteiger charge is -2.35. The summed E-state index contributed by atoms with van der Waals surface area (Å²) in [7, 11) is 4.50. The molecule has 1 heterocycles. The van der Waals surface area contributed by atoms with Gasteiger partial charge in [0, 0.05) is 17.1 Å². The van der Waals surface area contributed by atoms with Crippen molar-refractivity contribution in [3.05, 3.63) is 76.8 Å². The number of carbonyl (C=O) groups excluding carboxylic acids is 2. The first-order chi connectivity index (χ1) is 20.1.